The number of halogens is 3. The molecular weight excluding hydrogens is 521 g/mol. The van der Waals surface area contributed by atoms with Gasteiger partial charge in [0.2, 0.25) is 11.8 Å². The van der Waals surface area contributed by atoms with Crippen LogP contribution in [-0.2, 0) is 9.59 Å². The minimum absolute atomic E-state index is 0.187. The predicted molar refractivity (Wildman–Crippen MR) is 147 cm³/mol. The van der Waals surface area contributed by atoms with Crippen molar-refractivity contribution in [2.75, 3.05) is 36.4 Å². The monoisotopic (exact) mass is 545 g/mol. The number of amides is 2. The number of nitrogens with zero attached hydrogens (tertiary/aromatic N) is 2. The summed E-state index contributed by atoms with van der Waals surface area (Å²) in [5, 5.41) is 4.46. The second-order valence-electron chi connectivity index (χ2n) is 8.46. The molecule has 4 rings (SSSR count). The summed E-state index contributed by atoms with van der Waals surface area (Å²) in [6, 6.07) is 14.1. The quantitative estimate of drug-likeness (QED) is 0.324. The van der Waals surface area contributed by atoms with E-state index in [9.17, 15) is 9.59 Å². The molecule has 0 aliphatic carbocycles. The molecule has 2 amide bonds. The summed E-state index contributed by atoms with van der Waals surface area (Å²) in [5.74, 6) is 0.967. The van der Waals surface area contributed by atoms with Crippen LogP contribution in [0.15, 0.2) is 59.0 Å². The third-order valence-electron chi connectivity index (χ3n) is 5.83. The Kier molecular flexibility index (Phi) is 8.62. The van der Waals surface area contributed by atoms with E-state index in [2.05, 4.69) is 10.2 Å². The molecule has 1 aliphatic rings. The Hall–Kier alpha value is -2.93. The van der Waals surface area contributed by atoms with Crippen molar-refractivity contribution in [1.82, 2.24) is 4.90 Å². The summed E-state index contributed by atoms with van der Waals surface area (Å²) in [6.07, 6.45) is 4.40. The smallest absolute Gasteiger partial charge is 0.248 e. The van der Waals surface area contributed by atoms with Crippen molar-refractivity contribution < 1.29 is 14.0 Å². The van der Waals surface area contributed by atoms with Crippen molar-refractivity contribution in [1.29, 1.82) is 0 Å². The van der Waals surface area contributed by atoms with Gasteiger partial charge in [-0.2, -0.15) is 0 Å². The molecule has 1 saturated heterocycles. The van der Waals surface area contributed by atoms with E-state index in [1.807, 2.05) is 17.9 Å². The molecule has 1 aromatic heterocycles. The van der Waals surface area contributed by atoms with Gasteiger partial charge in [0, 0.05) is 59.3 Å². The molecule has 1 aliphatic heterocycles. The summed E-state index contributed by atoms with van der Waals surface area (Å²) in [7, 11) is 0. The van der Waals surface area contributed by atoms with E-state index in [4.69, 9.17) is 39.2 Å². The zero-order valence-corrected chi connectivity index (χ0v) is 22.0. The van der Waals surface area contributed by atoms with Gasteiger partial charge in [-0.05, 0) is 61.0 Å². The molecule has 2 aromatic carbocycles. The molecule has 0 radical (unpaired) electrons. The zero-order valence-electron chi connectivity index (χ0n) is 19.8. The largest absolute Gasteiger partial charge is 0.457 e. The van der Waals surface area contributed by atoms with Crippen molar-refractivity contribution in [3.8, 4) is 11.3 Å². The maximum atomic E-state index is 12.7. The van der Waals surface area contributed by atoms with Gasteiger partial charge >= 0.3 is 0 Å². The van der Waals surface area contributed by atoms with Crippen molar-refractivity contribution in [3.05, 3.63) is 75.4 Å². The number of carbonyl (C=O) groups excluding carboxylic acids is 2. The van der Waals surface area contributed by atoms with E-state index >= 15 is 0 Å². The summed E-state index contributed by atoms with van der Waals surface area (Å²) in [5.41, 5.74) is 2.22. The number of carbonyl (C=O) groups is 2. The summed E-state index contributed by atoms with van der Waals surface area (Å²) < 4.78 is 5.82. The third kappa shape index (κ3) is 6.64. The second kappa shape index (κ2) is 11.9. The Morgan fingerprint density at radius 3 is 2.36 bits per heavy atom. The molecule has 0 unspecified atom stereocenters. The Balaban J connectivity index is 1.42. The molecule has 1 N–H and O–H groups in total. The summed E-state index contributed by atoms with van der Waals surface area (Å²) in [4.78, 5) is 29.0. The Morgan fingerprint density at radius 1 is 0.944 bits per heavy atom. The molecule has 36 heavy (non-hydrogen) atoms. The molecule has 9 heteroatoms. The van der Waals surface area contributed by atoms with Crippen LogP contribution in [0.1, 0.15) is 25.5 Å². The van der Waals surface area contributed by atoms with E-state index in [1.165, 1.54) is 6.08 Å². The number of anilines is 2. The third-order valence-corrected chi connectivity index (χ3v) is 6.50. The fourth-order valence-corrected chi connectivity index (χ4v) is 4.78. The van der Waals surface area contributed by atoms with Gasteiger partial charge in [-0.3, -0.25) is 9.59 Å². The van der Waals surface area contributed by atoms with Crippen LogP contribution in [0.5, 0.6) is 0 Å². The van der Waals surface area contributed by atoms with Crippen LogP contribution in [-0.4, -0.2) is 42.9 Å². The lowest BCUT2D eigenvalue weighted by atomic mass is 10.2. The van der Waals surface area contributed by atoms with Crippen LogP contribution in [0.25, 0.3) is 17.4 Å². The van der Waals surface area contributed by atoms with E-state index in [0.29, 0.717) is 64.9 Å². The van der Waals surface area contributed by atoms with Crippen LogP contribution < -0.4 is 10.2 Å². The van der Waals surface area contributed by atoms with Gasteiger partial charge in [0.15, 0.2) is 0 Å². The van der Waals surface area contributed by atoms with Gasteiger partial charge in [0.05, 0.1) is 11.4 Å². The highest BCUT2D eigenvalue weighted by atomic mass is 35.5. The molecule has 0 saturated carbocycles. The fourth-order valence-electron chi connectivity index (χ4n) is 4.08. The number of piperazine rings is 1. The van der Waals surface area contributed by atoms with E-state index in [0.717, 1.165) is 17.7 Å². The first-order valence-electron chi connectivity index (χ1n) is 11.7. The molecule has 0 bridgehead atoms. The topological polar surface area (TPSA) is 65.8 Å². The highest BCUT2D eigenvalue weighted by molar-refractivity contribution is 6.35. The van der Waals surface area contributed by atoms with Crippen LogP contribution in [0, 0.1) is 0 Å². The van der Waals surface area contributed by atoms with E-state index < -0.39 is 0 Å². The number of furan rings is 1. The van der Waals surface area contributed by atoms with Crippen molar-refractivity contribution in [2.24, 2.45) is 0 Å². The lowest BCUT2D eigenvalue weighted by Gasteiger charge is -2.37. The Morgan fingerprint density at radius 2 is 1.67 bits per heavy atom. The molecule has 0 spiro atoms. The molecule has 3 aromatic rings. The van der Waals surface area contributed by atoms with Crippen LogP contribution in [0.2, 0.25) is 15.1 Å². The minimum atomic E-state index is -0.320. The SMILES string of the molecule is CCCC(=O)N1CCN(c2ccc(Cl)cc2NC(=O)/C=C/c2ccc(-c3cc(Cl)cc(Cl)c3)o2)CC1. The van der Waals surface area contributed by atoms with Gasteiger partial charge in [-0.15, -0.1) is 0 Å². The highest BCUT2D eigenvalue weighted by Crippen LogP contribution is 2.31. The normalized spacial score (nSPS) is 13.9. The summed E-state index contributed by atoms with van der Waals surface area (Å²) in [6.45, 7) is 4.66. The molecule has 0 atom stereocenters. The maximum Gasteiger partial charge on any atom is 0.248 e. The van der Waals surface area contributed by atoms with E-state index in [-0.39, 0.29) is 11.8 Å². The first-order valence-corrected chi connectivity index (χ1v) is 12.8. The molecule has 2 heterocycles. The highest BCUT2D eigenvalue weighted by Gasteiger charge is 2.22. The zero-order chi connectivity index (χ0) is 25.7. The van der Waals surface area contributed by atoms with Crippen molar-refractivity contribution in [2.45, 2.75) is 19.8 Å². The molecule has 188 valence electrons. The molecule has 6 nitrogen and oxygen atoms in total. The average molecular weight is 547 g/mol. The predicted octanol–water partition coefficient (Wildman–Crippen LogP) is 7.01. The molecular formula is C27H26Cl3N3O3. The average Bonchev–Trinajstić information content (AvgIpc) is 3.32. The van der Waals surface area contributed by atoms with Crippen LogP contribution >= 0.6 is 34.8 Å². The van der Waals surface area contributed by atoms with E-state index in [1.54, 1.807) is 48.5 Å². The maximum absolute atomic E-state index is 12.7. The first-order chi connectivity index (χ1) is 17.3. The standard InChI is InChI=1S/C27H26Cl3N3O3/c1-2-3-27(35)33-12-10-32(11-13-33)24-7-4-19(28)17-23(24)31-26(34)9-6-22-5-8-25(36-22)18-14-20(29)16-21(30)15-18/h4-9,14-17H,2-3,10-13H2,1H3,(H,31,34)/b9-6+. The summed E-state index contributed by atoms with van der Waals surface area (Å²) >= 11 is 18.4. The van der Waals surface area contributed by atoms with Gasteiger partial charge in [-0.25, -0.2) is 0 Å². The Bertz CT molecular complexity index is 1260. The lowest BCUT2D eigenvalue weighted by molar-refractivity contribution is -0.131. The van der Waals surface area contributed by atoms with Gasteiger partial charge < -0.3 is 19.5 Å². The molecule has 1 fully saturated rings. The number of benzene rings is 2. The van der Waals surface area contributed by atoms with Crippen molar-refractivity contribution in [3.63, 3.8) is 0 Å². The number of hydrogen-bond donors (Lipinski definition) is 1. The number of nitrogens with one attached hydrogen (secondary N) is 1. The van der Waals surface area contributed by atoms with Crippen molar-refractivity contribution >= 4 is 64.1 Å². The van der Waals surface area contributed by atoms with Gasteiger partial charge in [-0.1, -0.05) is 41.7 Å². The fraction of sp³-hybridized carbons (Fsp3) is 0.259. The lowest BCUT2D eigenvalue weighted by Crippen LogP contribution is -2.48. The van der Waals surface area contributed by atoms with Crippen LogP contribution in [0.4, 0.5) is 11.4 Å². The number of hydrogen-bond acceptors (Lipinski definition) is 4. The minimum Gasteiger partial charge on any atom is -0.457 e. The van der Waals surface area contributed by atoms with Gasteiger partial charge in [0.1, 0.15) is 11.5 Å². The second-order valence-corrected chi connectivity index (χ2v) is 9.77. The first kappa shape index (κ1) is 26.1. The van der Waals surface area contributed by atoms with Gasteiger partial charge in [0.25, 0.3) is 0 Å². The number of rotatable bonds is 7. The Labute approximate surface area is 225 Å². The van der Waals surface area contributed by atoms with Crippen LogP contribution in [0.3, 0.4) is 0 Å².